The third kappa shape index (κ3) is 63.0. The lowest BCUT2D eigenvalue weighted by atomic mass is 9.99. The van der Waals surface area contributed by atoms with E-state index in [0.717, 1.165) is 115 Å². The maximum Gasteiger partial charge on any atom is 0.472 e. The molecule has 3 N–H and O–H groups in total. The molecule has 0 aromatic rings. The van der Waals surface area contributed by atoms with Gasteiger partial charge in [0, 0.05) is 25.7 Å². The number of rotatable bonds is 68. The van der Waals surface area contributed by atoms with E-state index in [0.29, 0.717) is 31.6 Å². The number of esters is 4. The minimum Gasteiger partial charge on any atom is -0.462 e. The van der Waals surface area contributed by atoms with Crippen LogP contribution in [-0.4, -0.2) is 96.7 Å². The van der Waals surface area contributed by atoms with Crippen LogP contribution < -0.4 is 0 Å². The summed E-state index contributed by atoms with van der Waals surface area (Å²) in [5, 5.41) is 10.6. The van der Waals surface area contributed by atoms with Gasteiger partial charge in [-0.3, -0.25) is 37.3 Å². The van der Waals surface area contributed by atoms with Crippen LogP contribution in [0.15, 0.2) is 24.3 Å². The second kappa shape index (κ2) is 62.6. The molecule has 0 bridgehead atoms. The summed E-state index contributed by atoms with van der Waals surface area (Å²) in [6.07, 6.45) is 50.8. The van der Waals surface area contributed by atoms with Crippen LogP contribution in [0, 0.1) is 11.8 Å². The lowest BCUT2D eigenvalue weighted by molar-refractivity contribution is -0.161. The van der Waals surface area contributed by atoms with E-state index in [4.69, 9.17) is 37.0 Å². The largest absolute Gasteiger partial charge is 0.472 e. The molecule has 0 saturated carbocycles. The molecule has 6 atom stereocenters. The Hall–Kier alpha value is -2.46. The Bertz CT molecular complexity index is 1850. The van der Waals surface area contributed by atoms with Crippen LogP contribution >= 0.6 is 15.6 Å². The van der Waals surface area contributed by atoms with Gasteiger partial charge in [-0.2, -0.15) is 0 Å². The van der Waals surface area contributed by atoms with Crippen molar-refractivity contribution in [2.24, 2.45) is 11.8 Å². The molecule has 0 amide bonds. The van der Waals surface area contributed by atoms with Gasteiger partial charge >= 0.3 is 39.5 Å². The van der Waals surface area contributed by atoms with Gasteiger partial charge in [0.05, 0.1) is 26.4 Å². The van der Waals surface area contributed by atoms with Crippen LogP contribution in [0.5, 0.6) is 0 Å². The Morgan fingerprint density at radius 1 is 0.367 bits per heavy atom. The molecule has 0 radical (unpaired) electrons. The summed E-state index contributed by atoms with van der Waals surface area (Å²) in [6.45, 7) is 9.40. The van der Waals surface area contributed by atoms with E-state index >= 15 is 0 Å². The van der Waals surface area contributed by atoms with Crippen LogP contribution in [-0.2, 0) is 65.4 Å². The zero-order chi connectivity index (χ0) is 66.5. The van der Waals surface area contributed by atoms with Gasteiger partial charge in [0.2, 0.25) is 0 Å². The third-order valence-electron chi connectivity index (χ3n) is 16.2. The van der Waals surface area contributed by atoms with Crippen molar-refractivity contribution in [1.82, 2.24) is 0 Å². The molecule has 0 fully saturated rings. The first-order chi connectivity index (χ1) is 43.4. The van der Waals surface area contributed by atoms with Crippen molar-refractivity contribution >= 4 is 39.5 Å². The van der Waals surface area contributed by atoms with E-state index < -0.39 is 97.5 Å². The van der Waals surface area contributed by atoms with Crippen molar-refractivity contribution < 1.29 is 80.2 Å². The minimum absolute atomic E-state index is 0.0851. The first-order valence-electron chi connectivity index (χ1n) is 36.3. The summed E-state index contributed by atoms with van der Waals surface area (Å²) in [5.74, 6) is -0.711. The number of carbonyl (C=O) groups is 4. The average molecular weight is 1320 g/mol. The molecular weight excluding hydrogens is 1190 g/mol. The number of carbonyl (C=O) groups excluding carboxylic acids is 4. The number of unbranched alkanes of at least 4 members (excludes halogenated alkanes) is 34. The van der Waals surface area contributed by atoms with Crippen molar-refractivity contribution in [3.05, 3.63) is 24.3 Å². The van der Waals surface area contributed by atoms with E-state index in [1.807, 2.05) is 0 Å². The molecule has 0 rings (SSSR count). The number of allylic oxidation sites excluding steroid dienone is 4. The molecule has 0 aliphatic heterocycles. The summed E-state index contributed by atoms with van der Waals surface area (Å²) >= 11 is 0. The highest BCUT2D eigenvalue weighted by Gasteiger charge is 2.30. The maximum absolute atomic E-state index is 13.0. The Morgan fingerprint density at radius 2 is 0.656 bits per heavy atom. The van der Waals surface area contributed by atoms with Crippen LogP contribution in [0.3, 0.4) is 0 Å². The smallest absolute Gasteiger partial charge is 0.462 e. The second-order valence-corrected chi connectivity index (χ2v) is 28.6. The summed E-state index contributed by atoms with van der Waals surface area (Å²) in [7, 11) is -9.91. The molecule has 19 heteroatoms. The molecule has 0 aliphatic rings. The van der Waals surface area contributed by atoms with E-state index in [2.05, 4.69) is 65.8 Å². The lowest BCUT2D eigenvalue weighted by Gasteiger charge is -2.21. The fraction of sp³-hybridized carbons (Fsp3) is 0.887. The summed E-state index contributed by atoms with van der Waals surface area (Å²) in [5.41, 5.74) is 0. The molecule has 0 aromatic heterocycles. The van der Waals surface area contributed by atoms with Crippen LogP contribution in [0.1, 0.15) is 337 Å². The highest BCUT2D eigenvalue weighted by atomic mass is 31.2. The van der Waals surface area contributed by atoms with E-state index in [1.165, 1.54) is 135 Å². The normalized spacial score (nSPS) is 14.6. The lowest BCUT2D eigenvalue weighted by Crippen LogP contribution is -2.30. The number of ether oxygens (including phenoxy) is 4. The number of hydrogen-bond acceptors (Lipinski definition) is 15. The topological polar surface area (TPSA) is 237 Å². The average Bonchev–Trinajstić information content (AvgIpc) is 3.47. The quantitative estimate of drug-likeness (QED) is 0.0169. The van der Waals surface area contributed by atoms with Gasteiger partial charge in [-0.15, -0.1) is 0 Å². The molecule has 17 nitrogen and oxygen atoms in total. The summed E-state index contributed by atoms with van der Waals surface area (Å²) < 4.78 is 68.2. The molecule has 0 spiro atoms. The SMILES string of the molecule is CCCCCC/C=C\C=C/CCCCCCCC(=O)O[C@H](COC(=O)CCCCCCCCCCCCCCCC)COP(=O)(O)OC[C@@H](O)COP(=O)(O)OC[C@@H](COC(=O)CCCCCCCCC(C)C)OC(=O)CCCCCCCCCCC(C)CC. The van der Waals surface area contributed by atoms with Gasteiger partial charge in [-0.1, -0.05) is 284 Å². The van der Waals surface area contributed by atoms with E-state index in [-0.39, 0.29) is 25.7 Å². The van der Waals surface area contributed by atoms with Gasteiger partial charge in [-0.05, 0) is 63.2 Å². The van der Waals surface area contributed by atoms with E-state index in [9.17, 15) is 43.2 Å². The molecular formula is C71H134O17P2. The van der Waals surface area contributed by atoms with Gasteiger partial charge in [0.25, 0.3) is 0 Å². The van der Waals surface area contributed by atoms with Gasteiger partial charge < -0.3 is 33.8 Å². The Labute approximate surface area is 548 Å². The van der Waals surface area contributed by atoms with Gasteiger partial charge in [0.1, 0.15) is 19.3 Å². The Kier molecular flexibility index (Phi) is 60.9. The van der Waals surface area contributed by atoms with Crippen LogP contribution in [0.2, 0.25) is 0 Å². The fourth-order valence-corrected chi connectivity index (χ4v) is 11.8. The fourth-order valence-electron chi connectivity index (χ4n) is 10.2. The van der Waals surface area contributed by atoms with Crippen LogP contribution in [0.4, 0.5) is 0 Å². The Balaban J connectivity index is 5.29. The number of phosphoric ester groups is 2. The number of aliphatic hydroxyl groups excluding tert-OH is 1. The predicted octanol–water partition coefficient (Wildman–Crippen LogP) is 19.9. The second-order valence-electron chi connectivity index (χ2n) is 25.7. The summed E-state index contributed by atoms with van der Waals surface area (Å²) in [6, 6.07) is 0. The molecule has 3 unspecified atom stereocenters. The molecule has 90 heavy (non-hydrogen) atoms. The number of hydrogen-bond donors (Lipinski definition) is 3. The van der Waals surface area contributed by atoms with Gasteiger partial charge in [0.15, 0.2) is 12.2 Å². The highest BCUT2D eigenvalue weighted by molar-refractivity contribution is 7.47. The third-order valence-corrected chi connectivity index (χ3v) is 18.1. The molecule has 0 saturated heterocycles. The molecule has 0 heterocycles. The van der Waals surface area contributed by atoms with Gasteiger partial charge in [-0.25, -0.2) is 9.13 Å². The minimum atomic E-state index is -4.96. The first kappa shape index (κ1) is 87.5. The molecule has 530 valence electrons. The monoisotopic (exact) mass is 1320 g/mol. The number of phosphoric acid groups is 2. The van der Waals surface area contributed by atoms with Crippen molar-refractivity contribution in [2.75, 3.05) is 39.6 Å². The van der Waals surface area contributed by atoms with Crippen LogP contribution in [0.25, 0.3) is 0 Å². The number of aliphatic hydroxyl groups is 1. The van der Waals surface area contributed by atoms with Crippen molar-refractivity contribution in [2.45, 2.75) is 355 Å². The zero-order valence-corrected chi connectivity index (χ0v) is 59.7. The first-order valence-corrected chi connectivity index (χ1v) is 39.3. The molecule has 0 aliphatic carbocycles. The Morgan fingerprint density at radius 3 is 1.00 bits per heavy atom. The van der Waals surface area contributed by atoms with Crippen molar-refractivity contribution in [3.8, 4) is 0 Å². The van der Waals surface area contributed by atoms with E-state index in [1.54, 1.807) is 0 Å². The predicted molar refractivity (Wildman–Crippen MR) is 363 cm³/mol. The molecule has 0 aromatic carbocycles. The maximum atomic E-state index is 13.0. The summed E-state index contributed by atoms with van der Waals surface area (Å²) in [4.78, 5) is 72.5. The zero-order valence-electron chi connectivity index (χ0n) is 57.9. The standard InChI is InChI=1S/C71H134O17P2/c1-7-10-12-14-16-18-20-22-24-26-28-30-35-43-49-55-70(75)87-66(59-81-68(73)53-47-41-34-29-27-25-23-21-19-17-15-13-11-8-2)61-85-89(77,78)83-57-65(72)58-84-90(79,80)86-62-67(60-82-69(74)54-48-42-38-37-39-45-51-63(4)5)88-71(76)56-50-44-36-32-31-33-40-46-52-64(6)9-3/h18,20,22,24,63-67,72H,7-17,19,21,23,25-62H2,1-6H3,(H,77,78)(H,79,80)/b20-18-,24-22-/t64?,65-,66-,67-/m1/s1. The highest BCUT2D eigenvalue weighted by Crippen LogP contribution is 2.45. The van der Waals surface area contributed by atoms with Crippen molar-refractivity contribution in [1.29, 1.82) is 0 Å². The van der Waals surface area contributed by atoms with Crippen molar-refractivity contribution in [3.63, 3.8) is 0 Å².